The van der Waals surface area contributed by atoms with Crippen LogP contribution in [-0.4, -0.2) is 48.5 Å². The van der Waals surface area contributed by atoms with Crippen molar-refractivity contribution in [2.75, 3.05) is 27.2 Å². The largest absolute Gasteiger partial charge is 0.477 e. The molecule has 0 radical (unpaired) electrons. The lowest BCUT2D eigenvalue weighted by atomic mass is 10.1. The average molecular weight is 200 g/mol. The van der Waals surface area contributed by atoms with E-state index in [4.69, 9.17) is 5.11 Å². The van der Waals surface area contributed by atoms with Gasteiger partial charge in [-0.05, 0) is 12.5 Å². The van der Waals surface area contributed by atoms with Crippen molar-refractivity contribution in [3.63, 3.8) is 0 Å². The Morgan fingerprint density at radius 3 is 2.21 bits per heavy atom. The molecule has 4 heteroatoms. The van der Waals surface area contributed by atoms with Gasteiger partial charge in [-0.2, -0.15) is 0 Å². The number of rotatable bonds is 6. The number of aliphatic carboxylic acids is 1. The summed E-state index contributed by atoms with van der Waals surface area (Å²) in [5, 5.41) is 8.61. The number of Topliss-reactive ketones (excluding diaryl/α,β-unsaturated/α-hetero) is 1. The smallest absolute Gasteiger partial charge is 0.359 e. The lowest BCUT2D eigenvalue weighted by molar-refractivity contribution is -0.882. The molecule has 1 N–H and O–H groups in total. The molecule has 0 saturated carbocycles. The Labute approximate surface area is 84.4 Å². The van der Waals surface area contributed by atoms with Crippen molar-refractivity contribution in [1.29, 1.82) is 0 Å². The first-order chi connectivity index (χ1) is 6.24. The van der Waals surface area contributed by atoms with Gasteiger partial charge in [0.2, 0.25) is 0 Å². The van der Waals surface area contributed by atoms with E-state index in [0.29, 0.717) is 23.0 Å². The van der Waals surface area contributed by atoms with Gasteiger partial charge in [-0.3, -0.25) is 4.79 Å². The number of allylic oxidation sites excluding steroid dienone is 1. The molecule has 0 spiro atoms. The quantitative estimate of drug-likeness (QED) is 0.507. The van der Waals surface area contributed by atoms with Crippen LogP contribution in [0.25, 0.3) is 0 Å². The molecule has 0 amide bonds. The van der Waals surface area contributed by atoms with E-state index in [-0.39, 0.29) is 12.3 Å². The molecule has 0 atom stereocenters. The summed E-state index contributed by atoms with van der Waals surface area (Å²) in [6, 6.07) is 0. The number of likely N-dealkylation sites (N-methyl/N-ethyl adjacent to an activating group) is 1. The zero-order valence-corrected chi connectivity index (χ0v) is 9.04. The van der Waals surface area contributed by atoms with Crippen molar-refractivity contribution in [3.05, 3.63) is 12.2 Å². The second-order valence-electron chi connectivity index (χ2n) is 4.16. The first kappa shape index (κ1) is 12.8. The highest BCUT2D eigenvalue weighted by Gasteiger charge is 2.20. The molecule has 0 saturated heterocycles. The van der Waals surface area contributed by atoms with Crippen LogP contribution in [0.4, 0.5) is 0 Å². The summed E-state index contributed by atoms with van der Waals surface area (Å²) in [5.74, 6) is -0.848. The highest BCUT2D eigenvalue weighted by Crippen LogP contribution is 2.02. The number of carbonyl (C=O) groups is 2. The van der Waals surface area contributed by atoms with Gasteiger partial charge in [-0.1, -0.05) is 6.58 Å². The minimum Gasteiger partial charge on any atom is -0.477 e. The topological polar surface area (TPSA) is 54.4 Å². The number of carboxylic acids is 1. The standard InChI is InChI=1S/C10H17NO3/c1-8(2)9(12)5-6-11(3,4)7-10(13)14/h1,5-7H2,2-4H3/p+1. The lowest BCUT2D eigenvalue weighted by Crippen LogP contribution is -2.45. The van der Waals surface area contributed by atoms with Crippen LogP contribution in [0.2, 0.25) is 0 Å². The van der Waals surface area contributed by atoms with E-state index in [2.05, 4.69) is 6.58 Å². The zero-order valence-electron chi connectivity index (χ0n) is 9.04. The van der Waals surface area contributed by atoms with Gasteiger partial charge in [0.05, 0.1) is 27.1 Å². The molecular weight excluding hydrogens is 182 g/mol. The molecule has 0 bridgehead atoms. The summed E-state index contributed by atoms with van der Waals surface area (Å²) in [7, 11) is 3.58. The van der Waals surface area contributed by atoms with Crippen LogP contribution in [0.1, 0.15) is 13.3 Å². The molecule has 0 aliphatic rings. The summed E-state index contributed by atoms with van der Waals surface area (Å²) in [4.78, 5) is 21.7. The molecule has 0 rings (SSSR count). The van der Waals surface area contributed by atoms with Gasteiger partial charge in [0.15, 0.2) is 12.3 Å². The van der Waals surface area contributed by atoms with Crippen molar-refractivity contribution in [2.24, 2.45) is 0 Å². The van der Waals surface area contributed by atoms with Crippen LogP contribution in [0.15, 0.2) is 12.2 Å². The van der Waals surface area contributed by atoms with E-state index < -0.39 is 5.97 Å². The van der Waals surface area contributed by atoms with E-state index in [1.807, 2.05) is 0 Å². The zero-order chi connectivity index (χ0) is 11.4. The van der Waals surface area contributed by atoms with Gasteiger partial charge in [0.25, 0.3) is 0 Å². The average Bonchev–Trinajstić information content (AvgIpc) is 1.97. The fraction of sp³-hybridized carbons (Fsp3) is 0.600. The fourth-order valence-electron chi connectivity index (χ4n) is 1.06. The van der Waals surface area contributed by atoms with E-state index in [1.165, 1.54) is 0 Å². The van der Waals surface area contributed by atoms with Gasteiger partial charge in [0, 0.05) is 0 Å². The predicted molar refractivity (Wildman–Crippen MR) is 53.9 cm³/mol. The third-order valence-corrected chi connectivity index (χ3v) is 1.98. The SMILES string of the molecule is C=C(C)C(=O)CC[N+](C)(C)CC(=O)O. The normalized spacial score (nSPS) is 11.1. The minimum absolute atomic E-state index is 0.00147. The van der Waals surface area contributed by atoms with Crippen LogP contribution in [0.3, 0.4) is 0 Å². The molecule has 0 heterocycles. The molecule has 0 fully saturated rings. The third kappa shape index (κ3) is 5.48. The number of carbonyl (C=O) groups excluding carboxylic acids is 1. The molecule has 4 nitrogen and oxygen atoms in total. The van der Waals surface area contributed by atoms with E-state index >= 15 is 0 Å². The minimum atomic E-state index is -0.849. The summed E-state index contributed by atoms with van der Waals surface area (Å²) in [6.07, 6.45) is 0.357. The van der Waals surface area contributed by atoms with Gasteiger partial charge in [-0.25, -0.2) is 4.79 Å². The molecule has 0 aromatic heterocycles. The van der Waals surface area contributed by atoms with Crippen molar-refractivity contribution in [2.45, 2.75) is 13.3 Å². The Morgan fingerprint density at radius 2 is 1.86 bits per heavy atom. The highest BCUT2D eigenvalue weighted by atomic mass is 16.4. The maximum atomic E-state index is 11.2. The van der Waals surface area contributed by atoms with Crippen molar-refractivity contribution < 1.29 is 19.2 Å². The van der Waals surface area contributed by atoms with E-state index in [9.17, 15) is 9.59 Å². The molecule has 0 aromatic carbocycles. The van der Waals surface area contributed by atoms with Crippen LogP contribution in [-0.2, 0) is 9.59 Å². The summed E-state index contributed by atoms with van der Waals surface area (Å²) in [6.45, 7) is 5.77. The van der Waals surface area contributed by atoms with Crippen LogP contribution < -0.4 is 0 Å². The Kier molecular flexibility index (Phi) is 4.50. The second kappa shape index (κ2) is 4.91. The van der Waals surface area contributed by atoms with Crippen LogP contribution in [0, 0.1) is 0 Å². The van der Waals surface area contributed by atoms with Crippen molar-refractivity contribution in [3.8, 4) is 0 Å². The molecule has 0 aromatic rings. The third-order valence-electron chi connectivity index (χ3n) is 1.98. The number of nitrogens with zero attached hydrogens (tertiary/aromatic N) is 1. The lowest BCUT2D eigenvalue weighted by Gasteiger charge is -2.27. The maximum Gasteiger partial charge on any atom is 0.359 e. The molecule has 14 heavy (non-hydrogen) atoms. The molecule has 0 unspecified atom stereocenters. The number of quaternary nitrogens is 1. The fourth-order valence-corrected chi connectivity index (χ4v) is 1.06. The van der Waals surface area contributed by atoms with Crippen LogP contribution >= 0.6 is 0 Å². The summed E-state index contributed by atoms with van der Waals surface area (Å²) in [5.41, 5.74) is 0.528. The Bertz CT molecular complexity index is 256. The first-order valence-electron chi connectivity index (χ1n) is 4.47. The van der Waals surface area contributed by atoms with Crippen LogP contribution in [0.5, 0.6) is 0 Å². The Balaban J connectivity index is 4.05. The number of hydrogen-bond acceptors (Lipinski definition) is 2. The monoisotopic (exact) mass is 200 g/mol. The second-order valence-corrected chi connectivity index (χ2v) is 4.16. The molecular formula is C10H18NO3+. The maximum absolute atomic E-state index is 11.2. The van der Waals surface area contributed by atoms with Gasteiger partial charge >= 0.3 is 5.97 Å². The van der Waals surface area contributed by atoms with Gasteiger partial charge in [-0.15, -0.1) is 0 Å². The highest BCUT2D eigenvalue weighted by molar-refractivity contribution is 5.94. The van der Waals surface area contributed by atoms with Crippen molar-refractivity contribution >= 4 is 11.8 Å². The number of hydrogen-bond donors (Lipinski definition) is 1. The summed E-state index contributed by atoms with van der Waals surface area (Å²) < 4.78 is 0.314. The van der Waals surface area contributed by atoms with Crippen molar-refractivity contribution in [1.82, 2.24) is 0 Å². The number of ketones is 1. The first-order valence-corrected chi connectivity index (χ1v) is 4.47. The van der Waals surface area contributed by atoms with Gasteiger partial charge < -0.3 is 9.59 Å². The van der Waals surface area contributed by atoms with E-state index in [0.717, 1.165) is 0 Å². The Hall–Kier alpha value is -1.16. The van der Waals surface area contributed by atoms with E-state index in [1.54, 1.807) is 21.0 Å². The Morgan fingerprint density at radius 1 is 1.36 bits per heavy atom. The number of carboxylic acid groups (broad SMARTS) is 1. The molecule has 0 aliphatic carbocycles. The molecule has 0 aliphatic heterocycles. The van der Waals surface area contributed by atoms with Gasteiger partial charge in [0.1, 0.15) is 0 Å². The predicted octanol–water partition coefficient (Wildman–Crippen LogP) is 0.683. The summed E-state index contributed by atoms with van der Waals surface area (Å²) >= 11 is 0. The molecule has 80 valence electrons.